The van der Waals surface area contributed by atoms with Crippen LogP contribution < -0.4 is 5.14 Å². The van der Waals surface area contributed by atoms with E-state index in [9.17, 15) is 18.0 Å². The molecule has 2 amide bonds. The van der Waals surface area contributed by atoms with Crippen molar-refractivity contribution in [1.29, 1.82) is 0 Å². The van der Waals surface area contributed by atoms with Crippen LogP contribution in [0.3, 0.4) is 0 Å². The van der Waals surface area contributed by atoms with E-state index in [1.54, 1.807) is 12.1 Å². The molecule has 27 heavy (non-hydrogen) atoms. The van der Waals surface area contributed by atoms with Gasteiger partial charge in [-0.25, -0.2) is 13.6 Å². The first-order chi connectivity index (χ1) is 12.7. The molecule has 1 aliphatic heterocycles. The minimum atomic E-state index is -3.72. The van der Waals surface area contributed by atoms with Gasteiger partial charge in [0.15, 0.2) is 0 Å². The number of benzene rings is 1. The van der Waals surface area contributed by atoms with Gasteiger partial charge in [0, 0.05) is 39.6 Å². The molecule has 1 aromatic carbocycles. The van der Waals surface area contributed by atoms with E-state index >= 15 is 0 Å². The van der Waals surface area contributed by atoms with Crippen LogP contribution in [-0.4, -0.2) is 80.7 Å². The number of nitrogens with zero attached hydrogens (tertiary/aromatic N) is 3. The molecule has 1 saturated heterocycles. The van der Waals surface area contributed by atoms with Crippen molar-refractivity contribution < 1.29 is 18.0 Å². The van der Waals surface area contributed by atoms with Gasteiger partial charge in [-0.1, -0.05) is 19.1 Å². The number of primary sulfonamides is 1. The number of carbonyl (C=O) groups excluding carboxylic acids is 2. The summed E-state index contributed by atoms with van der Waals surface area (Å²) in [4.78, 5) is 30.1. The molecule has 0 spiro atoms. The highest BCUT2D eigenvalue weighted by Crippen LogP contribution is 2.10. The lowest BCUT2D eigenvalue weighted by molar-refractivity contribution is -0.140. The number of sulfonamides is 1. The molecule has 150 valence electrons. The fourth-order valence-electron chi connectivity index (χ4n) is 3.03. The Balaban J connectivity index is 1.90. The molecule has 2 rings (SSSR count). The maximum absolute atomic E-state index is 12.5. The van der Waals surface area contributed by atoms with Crippen molar-refractivity contribution in [2.75, 3.05) is 45.8 Å². The number of hydrogen-bond acceptors (Lipinski definition) is 5. The summed E-state index contributed by atoms with van der Waals surface area (Å²) < 4.78 is 22.6. The number of rotatable bonds is 7. The summed E-state index contributed by atoms with van der Waals surface area (Å²) in [6.45, 7) is 8.09. The quantitative estimate of drug-likeness (QED) is 0.692. The minimum Gasteiger partial charge on any atom is -0.339 e. The molecule has 0 aliphatic carbocycles. The predicted molar refractivity (Wildman–Crippen MR) is 102 cm³/mol. The zero-order chi connectivity index (χ0) is 20.0. The number of piperazine rings is 1. The summed E-state index contributed by atoms with van der Waals surface area (Å²) in [7, 11) is -3.72. The van der Waals surface area contributed by atoms with E-state index in [4.69, 9.17) is 5.14 Å². The highest BCUT2D eigenvalue weighted by Gasteiger charge is 2.23. The van der Waals surface area contributed by atoms with Crippen LogP contribution >= 0.6 is 0 Å². The lowest BCUT2D eigenvalue weighted by Crippen LogP contribution is -2.51. The monoisotopic (exact) mass is 396 g/mol. The summed E-state index contributed by atoms with van der Waals surface area (Å²) in [5.41, 5.74) is 0.873. The SMILES string of the molecule is CCN1CCN(C(=O)CN(CCc2ccc(S(N)(=O)=O)cc2)C(C)=O)CC1. The van der Waals surface area contributed by atoms with E-state index in [1.165, 1.54) is 24.0 Å². The maximum Gasteiger partial charge on any atom is 0.242 e. The lowest BCUT2D eigenvalue weighted by atomic mass is 10.1. The van der Waals surface area contributed by atoms with Crippen molar-refractivity contribution in [2.45, 2.75) is 25.2 Å². The zero-order valence-electron chi connectivity index (χ0n) is 15.9. The van der Waals surface area contributed by atoms with Crippen molar-refractivity contribution in [2.24, 2.45) is 5.14 Å². The Bertz CT molecular complexity index is 756. The van der Waals surface area contributed by atoms with Crippen LogP contribution in [0.4, 0.5) is 0 Å². The largest absolute Gasteiger partial charge is 0.339 e. The number of nitrogens with two attached hydrogens (primary N) is 1. The van der Waals surface area contributed by atoms with Crippen LogP contribution in [0, 0.1) is 0 Å². The summed E-state index contributed by atoms with van der Waals surface area (Å²) in [6, 6.07) is 6.23. The third kappa shape index (κ3) is 6.30. The van der Waals surface area contributed by atoms with E-state index in [2.05, 4.69) is 11.8 Å². The summed E-state index contributed by atoms with van der Waals surface area (Å²) in [5.74, 6) is -0.192. The van der Waals surface area contributed by atoms with Crippen LogP contribution in [0.2, 0.25) is 0 Å². The Kier molecular flexibility index (Phi) is 7.34. The molecule has 0 saturated carbocycles. The van der Waals surface area contributed by atoms with Crippen LogP contribution in [0.15, 0.2) is 29.2 Å². The van der Waals surface area contributed by atoms with Gasteiger partial charge in [0.2, 0.25) is 21.8 Å². The number of hydrogen-bond donors (Lipinski definition) is 1. The summed E-state index contributed by atoms with van der Waals surface area (Å²) in [5, 5.41) is 5.09. The van der Waals surface area contributed by atoms with Crippen LogP contribution in [0.25, 0.3) is 0 Å². The van der Waals surface area contributed by atoms with Crippen molar-refractivity contribution >= 4 is 21.8 Å². The molecule has 1 aliphatic rings. The zero-order valence-corrected chi connectivity index (χ0v) is 16.7. The first-order valence-electron chi connectivity index (χ1n) is 9.08. The Morgan fingerprint density at radius 3 is 2.19 bits per heavy atom. The van der Waals surface area contributed by atoms with E-state index in [1.807, 2.05) is 4.90 Å². The first-order valence-corrected chi connectivity index (χ1v) is 10.6. The Morgan fingerprint density at radius 2 is 1.70 bits per heavy atom. The summed E-state index contributed by atoms with van der Waals surface area (Å²) >= 11 is 0. The number of amides is 2. The summed E-state index contributed by atoms with van der Waals surface area (Å²) in [6.07, 6.45) is 0.529. The van der Waals surface area contributed by atoms with Gasteiger partial charge in [0.1, 0.15) is 0 Å². The van der Waals surface area contributed by atoms with Crippen LogP contribution in [0.1, 0.15) is 19.4 Å². The van der Waals surface area contributed by atoms with E-state index in [0.717, 1.165) is 25.2 Å². The van der Waals surface area contributed by atoms with Crippen LogP contribution in [0.5, 0.6) is 0 Å². The fourth-order valence-corrected chi connectivity index (χ4v) is 3.55. The fraction of sp³-hybridized carbons (Fsp3) is 0.556. The molecule has 1 fully saturated rings. The maximum atomic E-state index is 12.5. The topological polar surface area (TPSA) is 104 Å². The second-order valence-corrected chi connectivity index (χ2v) is 8.26. The number of likely N-dealkylation sites (N-methyl/N-ethyl adjacent to an activating group) is 1. The third-order valence-electron chi connectivity index (χ3n) is 4.87. The van der Waals surface area contributed by atoms with E-state index in [0.29, 0.717) is 26.1 Å². The van der Waals surface area contributed by atoms with Crippen molar-refractivity contribution in [1.82, 2.24) is 14.7 Å². The second kappa shape index (κ2) is 9.29. The molecule has 0 unspecified atom stereocenters. The molecule has 2 N–H and O–H groups in total. The van der Waals surface area contributed by atoms with Gasteiger partial charge in [-0.3, -0.25) is 9.59 Å². The molecule has 0 aromatic heterocycles. The van der Waals surface area contributed by atoms with Crippen molar-refractivity contribution in [3.8, 4) is 0 Å². The van der Waals surface area contributed by atoms with Gasteiger partial charge in [-0.15, -0.1) is 0 Å². The first kappa shape index (κ1) is 21.3. The molecular weight excluding hydrogens is 368 g/mol. The standard InChI is InChI=1S/C18H28N4O4S/c1-3-20-10-12-21(13-11-20)18(24)14-22(15(2)23)9-8-16-4-6-17(7-5-16)27(19,25)26/h4-7H,3,8-14H2,1-2H3,(H2,19,25,26). The predicted octanol–water partition coefficient (Wildman–Crippen LogP) is -0.111. The molecule has 0 atom stereocenters. The molecule has 0 bridgehead atoms. The van der Waals surface area contributed by atoms with Crippen LogP contribution in [-0.2, 0) is 26.0 Å². The van der Waals surface area contributed by atoms with E-state index in [-0.39, 0.29) is 23.3 Å². The van der Waals surface area contributed by atoms with Gasteiger partial charge in [0.05, 0.1) is 11.4 Å². The number of carbonyl (C=O) groups is 2. The van der Waals surface area contributed by atoms with Gasteiger partial charge < -0.3 is 14.7 Å². The van der Waals surface area contributed by atoms with Gasteiger partial charge >= 0.3 is 0 Å². The van der Waals surface area contributed by atoms with E-state index < -0.39 is 10.0 Å². The Hall–Kier alpha value is -1.97. The normalized spacial score (nSPS) is 15.6. The smallest absolute Gasteiger partial charge is 0.242 e. The minimum absolute atomic E-state index is 0.0365. The molecule has 0 radical (unpaired) electrons. The average molecular weight is 397 g/mol. The molecular formula is C18H28N4O4S. The lowest BCUT2D eigenvalue weighted by Gasteiger charge is -2.35. The Morgan fingerprint density at radius 1 is 1.11 bits per heavy atom. The molecule has 1 heterocycles. The highest BCUT2D eigenvalue weighted by atomic mass is 32.2. The van der Waals surface area contributed by atoms with Crippen molar-refractivity contribution in [3.63, 3.8) is 0 Å². The third-order valence-corrected chi connectivity index (χ3v) is 5.80. The molecule has 8 nitrogen and oxygen atoms in total. The second-order valence-electron chi connectivity index (χ2n) is 6.69. The van der Waals surface area contributed by atoms with Crippen molar-refractivity contribution in [3.05, 3.63) is 29.8 Å². The van der Waals surface area contributed by atoms with Gasteiger partial charge in [-0.05, 0) is 30.7 Å². The average Bonchev–Trinajstić information content (AvgIpc) is 2.64. The Labute approximate surface area is 161 Å². The molecule has 9 heteroatoms. The highest BCUT2D eigenvalue weighted by molar-refractivity contribution is 7.89. The van der Waals surface area contributed by atoms with Gasteiger partial charge in [-0.2, -0.15) is 0 Å². The molecule has 1 aromatic rings. The van der Waals surface area contributed by atoms with Gasteiger partial charge in [0.25, 0.3) is 0 Å².